The number of rotatable bonds is 6. The van der Waals surface area contributed by atoms with Gasteiger partial charge in [0, 0.05) is 43.8 Å². The summed E-state index contributed by atoms with van der Waals surface area (Å²) in [5, 5.41) is 13.1. The number of hydrogen-bond acceptors (Lipinski definition) is 4. The summed E-state index contributed by atoms with van der Waals surface area (Å²) in [6.07, 6.45) is 5.35. The summed E-state index contributed by atoms with van der Waals surface area (Å²) in [4.78, 5) is 14.4. The first-order valence-electron chi connectivity index (χ1n) is 8.38. The Morgan fingerprint density at radius 3 is 2.65 bits per heavy atom. The molecule has 0 N–H and O–H groups in total. The highest BCUT2D eigenvalue weighted by Crippen LogP contribution is 2.16. The summed E-state index contributed by atoms with van der Waals surface area (Å²) in [7, 11) is 1.79. The van der Waals surface area contributed by atoms with E-state index in [1.807, 2.05) is 24.7 Å². The third-order valence-electron chi connectivity index (χ3n) is 4.32. The van der Waals surface area contributed by atoms with Crippen molar-refractivity contribution < 1.29 is 4.79 Å². The molecule has 138 valence electrons. The quantitative estimate of drug-likeness (QED) is 0.614. The second-order valence-corrected chi connectivity index (χ2v) is 7.12. The monoisotopic (exact) mass is 419 g/mol. The standard InChI is InChI=1S/C17H22BrN7O/c1-5-25-13(3)15(12(2)20-25)10-22(4)17(26)16-6-7-23(21-16)11-24-9-14(18)8-19-24/h6-9H,5,10-11H2,1-4H3. The molecule has 0 spiro atoms. The van der Waals surface area contributed by atoms with Gasteiger partial charge in [0.1, 0.15) is 12.4 Å². The van der Waals surface area contributed by atoms with Crippen LogP contribution in [0.4, 0.5) is 0 Å². The minimum atomic E-state index is -0.117. The Kier molecular flexibility index (Phi) is 5.26. The Labute approximate surface area is 160 Å². The average molecular weight is 420 g/mol. The van der Waals surface area contributed by atoms with Crippen molar-refractivity contribution in [1.29, 1.82) is 0 Å². The smallest absolute Gasteiger partial charge is 0.274 e. The highest BCUT2D eigenvalue weighted by molar-refractivity contribution is 9.10. The molecule has 26 heavy (non-hydrogen) atoms. The Morgan fingerprint density at radius 2 is 2.04 bits per heavy atom. The summed E-state index contributed by atoms with van der Waals surface area (Å²) in [5.41, 5.74) is 3.55. The Morgan fingerprint density at radius 1 is 1.27 bits per heavy atom. The number of halogens is 1. The molecular formula is C17H22BrN7O. The SMILES string of the molecule is CCn1nc(C)c(CN(C)C(=O)c2ccn(Cn3cc(Br)cn3)n2)c1C. The van der Waals surface area contributed by atoms with E-state index in [1.54, 1.807) is 39.8 Å². The van der Waals surface area contributed by atoms with Crippen molar-refractivity contribution >= 4 is 21.8 Å². The molecule has 0 saturated heterocycles. The lowest BCUT2D eigenvalue weighted by Crippen LogP contribution is -2.27. The molecule has 0 radical (unpaired) electrons. The van der Waals surface area contributed by atoms with Crippen LogP contribution in [0.1, 0.15) is 34.4 Å². The molecule has 1 amide bonds. The zero-order chi connectivity index (χ0) is 18.8. The van der Waals surface area contributed by atoms with Gasteiger partial charge in [0.2, 0.25) is 0 Å². The molecule has 0 fully saturated rings. The van der Waals surface area contributed by atoms with Crippen LogP contribution >= 0.6 is 15.9 Å². The van der Waals surface area contributed by atoms with Crippen LogP contribution in [-0.2, 0) is 19.8 Å². The molecule has 0 aliphatic rings. The first-order valence-corrected chi connectivity index (χ1v) is 9.18. The third-order valence-corrected chi connectivity index (χ3v) is 4.73. The molecule has 9 heteroatoms. The van der Waals surface area contributed by atoms with Crippen LogP contribution in [0, 0.1) is 13.8 Å². The summed E-state index contributed by atoms with van der Waals surface area (Å²) >= 11 is 3.36. The van der Waals surface area contributed by atoms with Crippen molar-refractivity contribution in [3.63, 3.8) is 0 Å². The number of aromatic nitrogens is 6. The van der Waals surface area contributed by atoms with E-state index in [0.717, 1.165) is 28.0 Å². The van der Waals surface area contributed by atoms with Crippen LogP contribution in [0.15, 0.2) is 29.1 Å². The topological polar surface area (TPSA) is 73.8 Å². The van der Waals surface area contributed by atoms with E-state index in [1.165, 1.54) is 0 Å². The maximum absolute atomic E-state index is 12.7. The van der Waals surface area contributed by atoms with Gasteiger partial charge in [-0.05, 0) is 42.8 Å². The van der Waals surface area contributed by atoms with Gasteiger partial charge in [-0.15, -0.1) is 0 Å². The van der Waals surface area contributed by atoms with Gasteiger partial charge in [-0.2, -0.15) is 15.3 Å². The number of aryl methyl sites for hydroxylation is 2. The lowest BCUT2D eigenvalue weighted by atomic mass is 10.2. The van der Waals surface area contributed by atoms with Crippen molar-refractivity contribution in [1.82, 2.24) is 34.2 Å². The number of carbonyl (C=O) groups excluding carboxylic acids is 1. The van der Waals surface area contributed by atoms with Crippen molar-refractivity contribution in [3.05, 3.63) is 51.8 Å². The predicted octanol–water partition coefficient (Wildman–Crippen LogP) is 2.45. The van der Waals surface area contributed by atoms with Crippen molar-refractivity contribution in [2.45, 2.75) is 40.5 Å². The normalized spacial score (nSPS) is 11.1. The minimum Gasteiger partial charge on any atom is -0.336 e. The van der Waals surface area contributed by atoms with Crippen molar-refractivity contribution in [2.24, 2.45) is 0 Å². The molecule has 0 bridgehead atoms. The van der Waals surface area contributed by atoms with Crippen LogP contribution in [0.3, 0.4) is 0 Å². The molecule has 0 unspecified atom stereocenters. The van der Waals surface area contributed by atoms with Gasteiger partial charge < -0.3 is 4.90 Å². The lowest BCUT2D eigenvalue weighted by molar-refractivity contribution is 0.0777. The van der Waals surface area contributed by atoms with Crippen LogP contribution in [0.5, 0.6) is 0 Å². The van der Waals surface area contributed by atoms with Gasteiger partial charge >= 0.3 is 0 Å². The van der Waals surface area contributed by atoms with Crippen LogP contribution in [0.25, 0.3) is 0 Å². The first-order chi connectivity index (χ1) is 12.4. The minimum absolute atomic E-state index is 0.117. The van der Waals surface area contributed by atoms with E-state index in [9.17, 15) is 4.79 Å². The fraction of sp³-hybridized carbons (Fsp3) is 0.412. The lowest BCUT2D eigenvalue weighted by Gasteiger charge is -2.16. The molecule has 3 heterocycles. The maximum atomic E-state index is 12.7. The average Bonchev–Trinajstić information content (AvgIpc) is 3.30. The molecular weight excluding hydrogens is 398 g/mol. The third kappa shape index (κ3) is 3.72. The van der Waals surface area contributed by atoms with Gasteiger partial charge in [-0.25, -0.2) is 4.68 Å². The highest BCUT2D eigenvalue weighted by Gasteiger charge is 2.19. The Balaban J connectivity index is 1.70. The molecule has 8 nitrogen and oxygen atoms in total. The fourth-order valence-electron chi connectivity index (χ4n) is 2.89. The molecule has 0 atom stereocenters. The van der Waals surface area contributed by atoms with Crippen molar-refractivity contribution in [3.8, 4) is 0 Å². The predicted molar refractivity (Wildman–Crippen MR) is 101 cm³/mol. The molecule has 0 saturated carbocycles. The van der Waals surface area contributed by atoms with Crippen LogP contribution in [-0.4, -0.2) is 47.2 Å². The summed E-state index contributed by atoms with van der Waals surface area (Å²) < 4.78 is 6.28. The van der Waals surface area contributed by atoms with E-state index in [-0.39, 0.29) is 5.91 Å². The van der Waals surface area contributed by atoms with Gasteiger partial charge in [0.05, 0.1) is 16.4 Å². The molecule has 3 aromatic heterocycles. The Bertz CT molecular complexity index is 924. The summed E-state index contributed by atoms with van der Waals surface area (Å²) in [6, 6.07) is 1.73. The number of carbonyl (C=O) groups is 1. The zero-order valence-electron chi connectivity index (χ0n) is 15.3. The molecule has 3 rings (SSSR count). The highest BCUT2D eigenvalue weighted by atomic mass is 79.9. The Hall–Kier alpha value is -2.42. The van der Waals surface area contributed by atoms with E-state index in [2.05, 4.69) is 38.1 Å². The zero-order valence-corrected chi connectivity index (χ0v) is 16.9. The van der Waals surface area contributed by atoms with E-state index < -0.39 is 0 Å². The second-order valence-electron chi connectivity index (χ2n) is 6.21. The number of amides is 1. The molecule has 0 aliphatic carbocycles. The summed E-state index contributed by atoms with van der Waals surface area (Å²) in [6.45, 7) is 7.85. The van der Waals surface area contributed by atoms with Gasteiger partial charge in [0.15, 0.2) is 0 Å². The van der Waals surface area contributed by atoms with Crippen LogP contribution < -0.4 is 0 Å². The molecule has 0 aromatic carbocycles. The fourth-order valence-corrected chi connectivity index (χ4v) is 3.22. The van der Waals surface area contributed by atoms with Crippen molar-refractivity contribution in [2.75, 3.05) is 7.05 Å². The maximum Gasteiger partial charge on any atom is 0.274 e. The number of nitrogens with zero attached hydrogens (tertiary/aromatic N) is 7. The summed E-state index contributed by atoms with van der Waals surface area (Å²) in [5.74, 6) is -0.117. The number of hydrogen-bond donors (Lipinski definition) is 0. The van der Waals surface area contributed by atoms with Gasteiger partial charge in [-0.1, -0.05) is 0 Å². The van der Waals surface area contributed by atoms with E-state index >= 15 is 0 Å². The van der Waals surface area contributed by atoms with Crippen LogP contribution in [0.2, 0.25) is 0 Å². The van der Waals surface area contributed by atoms with E-state index in [0.29, 0.717) is 18.9 Å². The first kappa shape index (κ1) is 18.4. The van der Waals surface area contributed by atoms with Gasteiger partial charge in [-0.3, -0.25) is 14.2 Å². The van der Waals surface area contributed by atoms with Gasteiger partial charge in [0.25, 0.3) is 5.91 Å². The molecule has 0 aliphatic heterocycles. The van der Waals surface area contributed by atoms with E-state index in [4.69, 9.17) is 0 Å². The molecule has 3 aromatic rings. The largest absolute Gasteiger partial charge is 0.336 e. The second kappa shape index (κ2) is 7.45.